The van der Waals surface area contributed by atoms with Crippen LogP contribution < -0.4 is 10.6 Å². The molecule has 2 N–H and O–H groups in total. The fourth-order valence-corrected chi connectivity index (χ4v) is 7.07. The van der Waals surface area contributed by atoms with E-state index in [9.17, 15) is 14.4 Å². The van der Waals surface area contributed by atoms with E-state index in [4.69, 9.17) is 4.98 Å². The second kappa shape index (κ2) is 11.8. The highest BCUT2D eigenvalue weighted by molar-refractivity contribution is 7.10. The fourth-order valence-electron chi connectivity index (χ4n) is 6.17. The summed E-state index contributed by atoms with van der Waals surface area (Å²) >= 11 is 1.45. The number of thiazole rings is 1. The van der Waals surface area contributed by atoms with Gasteiger partial charge in [0.1, 0.15) is 16.7 Å². The Morgan fingerprint density at radius 2 is 1.84 bits per heavy atom. The van der Waals surface area contributed by atoms with Crippen LogP contribution in [0.25, 0.3) is 0 Å². The molecule has 9 heteroatoms. The van der Waals surface area contributed by atoms with Crippen molar-refractivity contribution < 1.29 is 14.4 Å². The molecule has 37 heavy (non-hydrogen) atoms. The van der Waals surface area contributed by atoms with Crippen LogP contribution in [0.15, 0.2) is 35.7 Å². The lowest BCUT2D eigenvalue weighted by molar-refractivity contribution is -0.144. The van der Waals surface area contributed by atoms with E-state index in [1.165, 1.54) is 17.8 Å². The molecule has 3 aliphatic rings. The Morgan fingerprint density at radius 1 is 1.05 bits per heavy atom. The average molecular weight is 524 g/mol. The number of likely N-dealkylation sites (N-methyl/N-ethyl adjacent to an activating group) is 1. The molecule has 8 nitrogen and oxygen atoms in total. The van der Waals surface area contributed by atoms with Crippen molar-refractivity contribution in [2.24, 2.45) is 5.92 Å². The van der Waals surface area contributed by atoms with Gasteiger partial charge in [-0.25, -0.2) is 4.98 Å². The smallest absolute Gasteiger partial charge is 0.246 e. The standard InChI is InChI=1S/C28H37N5O3S/c1-29-15-24(34)31-25(19-9-4-2-5-10-19)28(36)33-16-21-13-8-14-32(21)17-23(33)27-30-22(18-37-27)26(35)20-11-6-3-7-12-20/h3,6-7,11-12,18-19,21,23,25,29H,2,4-5,8-10,13-17H2,1H3,(H,31,34). The summed E-state index contributed by atoms with van der Waals surface area (Å²) in [6, 6.07) is 8.78. The van der Waals surface area contributed by atoms with Gasteiger partial charge in [0.2, 0.25) is 17.6 Å². The lowest BCUT2D eigenvalue weighted by Gasteiger charge is -2.45. The first kappa shape index (κ1) is 26.0. The normalized spacial score (nSPS) is 23.4. The molecule has 2 aromatic rings. The van der Waals surface area contributed by atoms with Crippen molar-refractivity contribution in [3.63, 3.8) is 0 Å². The molecule has 1 aromatic carbocycles. The molecule has 0 bridgehead atoms. The van der Waals surface area contributed by atoms with Gasteiger partial charge in [-0.3, -0.25) is 19.3 Å². The van der Waals surface area contributed by atoms with E-state index in [-0.39, 0.29) is 36.1 Å². The summed E-state index contributed by atoms with van der Waals surface area (Å²) < 4.78 is 0. The summed E-state index contributed by atoms with van der Waals surface area (Å²) in [7, 11) is 1.74. The molecule has 3 fully saturated rings. The van der Waals surface area contributed by atoms with Gasteiger partial charge in [-0.15, -0.1) is 11.3 Å². The number of hydrogen-bond donors (Lipinski definition) is 2. The van der Waals surface area contributed by atoms with Crippen molar-refractivity contribution >= 4 is 28.9 Å². The number of carbonyl (C=O) groups is 3. The van der Waals surface area contributed by atoms with Crippen LogP contribution in [0, 0.1) is 5.92 Å². The molecule has 2 saturated heterocycles. The summed E-state index contributed by atoms with van der Waals surface area (Å²) in [5.41, 5.74) is 1.04. The van der Waals surface area contributed by atoms with Gasteiger partial charge in [0.05, 0.1) is 12.6 Å². The Labute approximate surface area is 222 Å². The molecule has 3 heterocycles. The van der Waals surface area contributed by atoms with E-state index < -0.39 is 6.04 Å². The van der Waals surface area contributed by atoms with Crippen LogP contribution in [0.3, 0.4) is 0 Å². The Kier molecular flexibility index (Phi) is 8.32. The predicted molar refractivity (Wildman–Crippen MR) is 143 cm³/mol. The van der Waals surface area contributed by atoms with Crippen LogP contribution in [-0.4, -0.2) is 77.7 Å². The second-order valence-corrected chi connectivity index (χ2v) is 11.4. The highest BCUT2D eigenvalue weighted by Crippen LogP contribution is 2.36. The first-order valence-electron chi connectivity index (χ1n) is 13.6. The zero-order valence-electron chi connectivity index (χ0n) is 21.5. The molecule has 3 unspecified atom stereocenters. The second-order valence-electron chi connectivity index (χ2n) is 10.5. The maximum Gasteiger partial charge on any atom is 0.246 e. The Bertz CT molecular complexity index is 1100. The molecule has 1 aliphatic carbocycles. The number of hydrogen-bond acceptors (Lipinski definition) is 7. The molecular weight excluding hydrogens is 486 g/mol. The van der Waals surface area contributed by atoms with E-state index in [0.717, 1.165) is 50.1 Å². The SMILES string of the molecule is CNCC(=O)NC(C(=O)N1CC2CCCN2CC1c1nc(C(=O)c2ccccc2)cs1)C1CCCCC1. The molecule has 0 radical (unpaired) electrons. The molecule has 5 rings (SSSR count). The first-order chi connectivity index (χ1) is 18.0. The van der Waals surface area contributed by atoms with Crippen molar-refractivity contribution in [3.05, 3.63) is 52.0 Å². The number of benzene rings is 1. The van der Waals surface area contributed by atoms with Gasteiger partial charge in [0, 0.05) is 30.1 Å². The maximum atomic E-state index is 14.3. The third-order valence-electron chi connectivity index (χ3n) is 8.09. The summed E-state index contributed by atoms with van der Waals surface area (Å²) in [6.45, 7) is 2.56. The van der Waals surface area contributed by atoms with Crippen LogP contribution in [0.5, 0.6) is 0 Å². The molecule has 2 amide bonds. The van der Waals surface area contributed by atoms with Gasteiger partial charge >= 0.3 is 0 Å². The number of amides is 2. The Hall–Kier alpha value is -2.62. The zero-order valence-corrected chi connectivity index (χ0v) is 22.3. The molecule has 198 valence electrons. The minimum Gasteiger partial charge on any atom is -0.343 e. The van der Waals surface area contributed by atoms with Crippen molar-refractivity contribution in [1.82, 2.24) is 25.4 Å². The predicted octanol–water partition coefficient (Wildman–Crippen LogP) is 3.01. The van der Waals surface area contributed by atoms with Gasteiger partial charge in [-0.05, 0) is 45.2 Å². The number of nitrogens with zero attached hydrogens (tertiary/aromatic N) is 3. The minimum atomic E-state index is -0.526. The number of ketones is 1. The fraction of sp³-hybridized carbons (Fsp3) is 0.571. The lowest BCUT2D eigenvalue weighted by atomic mass is 9.83. The average Bonchev–Trinajstić information content (AvgIpc) is 3.61. The van der Waals surface area contributed by atoms with Gasteiger partial charge in [0.15, 0.2) is 0 Å². The van der Waals surface area contributed by atoms with Gasteiger partial charge in [-0.1, -0.05) is 49.6 Å². The number of piperazine rings is 1. The minimum absolute atomic E-state index is 0.000890. The highest BCUT2D eigenvalue weighted by atomic mass is 32.1. The topological polar surface area (TPSA) is 94.6 Å². The highest BCUT2D eigenvalue weighted by Gasteiger charge is 2.44. The van der Waals surface area contributed by atoms with Gasteiger partial charge < -0.3 is 15.5 Å². The summed E-state index contributed by atoms with van der Waals surface area (Å²) in [4.78, 5) is 49.1. The van der Waals surface area contributed by atoms with Crippen LogP contribution in [-0.2, 0) is 9.59 Å². The van der Waals surface area contributed by atoms with Gasteiger partial charge in [-0.2, -0.15) is 0 Å². The van der Waals surface area contributed by atoms with E-state index in [2.05, 4.69) is 15.5 Å². The van der Waals surface area contributed by atoms with Gasteiger partial charge in [0.25, 0.3) is 0 Å². The van der Waals surface area contributed by atoms with Crippen LogP contribution in [0.2, 0.25) is 0 Å². The maximum absolute atomic E-state index is 14.3. The number of fused-ring (bicyclic) bond motifs is 1. The summed E-state index contributed by atoms with van der Waals surface area (Å²) in [5.74, 6) is -0.0995. The Morgan fingerprint density at radius 3 is 2.59 bits per heavy atom. The zero-order chi connectivity index (χ0) is 25.8. The number of rotatable bonds is 8. The van der Waals surface area contributed by atoms with Crippen molar-refractivity contribution in [2.75, 3.05) is 33.2 Å². The number of aromatic nitrogens is 1. The number of nitrogens with one attached hydrogen (secondary N) is 2. The van der Waals surface area contributed by atoms with E-state index in [1.54, 1.807) is 19.2 Å². The number of carbonyl (C=O) groups excluding carboxylic acids is 3. The molecule has 1 aromatic heterocycles. The van der Waals surface area contributed by atoms with Crippen LogP contribution in [0.4, 0.5) is 0 Å². The van der Waals surface area contributed by atoms with E-state index >= 15 is 0 Å². The Balaban J connectivity index is 1.42. The molecule has 1 saturated carbocycles. The third kappa shape index (κ3) is 5.78. The largest absolute Gasteiger partial charge is 0.343 e. The van der Waals surface area contributed by atoms with Crippen molar-refractivity contribution in [2.45, 2.75) is 63.1 Å². The van der Waals surface area contributed by atoms with Crippen LogP contribution >= 0.6 is 11.3 Å². The first-order valence-corrected chi connectivity index (χ1v) is 14.5. The van der Waals surface area contributed by atoms with Crippen molar-refractivity contribution in [1.29, 1.82) is 0 Å². The van der Waals surface area contributed by atoms with E-state index in [0.29, 0.717) is 30.4 Å². The van der Waals surface area contributed by atoms with Crippen LogP contribution in [0.1, 0.15) is 72.0 Å². The molecular formula is C28H37N5O3S. The monoisotopic (exact) mass is 523 g/mol. The summed E-state index contributed by atoms with van der Waals surface area (Å²) in [5, 5.41) is 8.60. The van der Waals surface area contributed by atoms with Crippen molar-refractivity contribution in [3.8, 4) is 0 Å². The molecule has 2 aliphatic heterocycles. The molecule has 0 spiro atoms. The quantitative estimate of drug-likeness (QED) is 0.517. The summed E-state index contributed by atoms with van der Waals surface area (Å²) in [6.07, 6.45) is 7.48. The molecule has 3 atom stereocenters. The third-order valence-corrected chi connectivity index (χ3v) is 9.04. The van der Waals surface area contributed by atoms with E-state index in [1.807, 2.05) is 28.5 Å². The lowest BCUT2D eigenvalue weighted by Crippen LogP contribution is -2.60.